The number of hydrogen-bond donors (Lipinski definition) is 0. The molecule has 0 spiro atoms. The second-order valence-corrected chi connectivity index (χ2v) is 5.27. The third-order valence-corrected chi connectivity index (χ3v) is 3.90. The van der Waals surface area contributed by atoms with Crippen molar-refractivity contribution in [2.45, 2.75) is 32.7 Å². The van der Waals surface area contributed by atoms with E-state index in [1.165, 1.54) is 0 Å². The number of thiophene rings is 1. The van der Waals surface area contributed by atoms with Crippen LogP contribution in [-0.2, 0) is 13.0 Å². The summed E-state index contributed by atoms with van der Waals surface area (Å²) in [6.45, 7) is 2.86. The zero-order valence-electron chi connectivity index (χ0n) is 8.62. The van der Waals surface area contributed by atoms with Crippen molar-refractivity contribution in [3.63, 3.8) is 0 Å². The van der Waals surface area contributed by atoms with Gasteiger partial charge in [-0.1, -0.05) is 0 Å². The summed E-state index contributed by atoms with van der Waals surface area (Å²) in [7, 11) is 0. The Kier molecular flexibility index (Phi) is 1.92. The average molecular weight is 220 g/mol. The fourth-order valence-electron chi connectivity index (χ4n) is 2.15. The monoisotopic (exact) mass is 220 g/mol. The van der Waals surface area contributed by atoms with Crippen LogP contribution in [0.3, 0.4) is 0 Å². The molecule has 0 amide bonds. The summed E-state index contributed by atoms with van der Waals surface area (Å²) in [5, 5.41) is 0. The summed E-state index contributed by atoms with van der Waals surface area (Å²) in [4.78, 5) is 17.9. The van der Waals surface area contributed by atoms with Gasteiger partial charge in [-0.2, -0.15) is 0 Å². The molecule has 0 atom stereocenters. The minimum absolute atomic E-state index is 0.160. The van der Waals surface area contributed by atoms with Crippen LogP contribution in [0.4, 0.5) is 0 Å². The van der Waals surface area contributed by atoms with Crippen LogP contribution in [0.1, 0.15) is 23.5 Å². The Morgan fingerprint density at radius 1 is 1.47 bits per heavy atom. The zero-order chi connectivity index (χ0) is 10.4. The molecule has 0 N–H and O–H groups in total. The van der Waals surface area contributed by atoms with Crippen LogP contribution in [-0.4, -0.2) is 9.55 Å². The minimum atomic E-state index is 0.160. The quantitative estimate of drug-likeness (QED) is 0.681. The molecule has 0 saturated heterocycles. The summed E-state index contributed by atoms with van der Waals surface area (Å²) in [6.07, 6.45) is 3.20. The second-order valence-electron chi connectivity index (χ2n) is 4.01. The van der Waals surface area contributed by atoms with Crippen molar-refractivity contribution in [1.82, 2.24) is 9.55 Å². The van der Waals surface area contributed by atoms with E-state index in [1.54, 1.807) is 11.3 Å². The van der Waals surface area contributed by atoms with E-state index < -0.39 is 0 Å². The van der Waals surface area contributed by atoms with E-state index in [2.05, 4.69) is 4.98 Å². The molecule has 0 radical (unpaired) electrons. The minimum Gasteiger partial charge on any atom is -0.295 e. The second kappa shape index (κ2) is 3.17. The number of rotatable bonds is 0. The van der Waals surface area contributed by atoms with Crippen molar-refractivity contribution in [2.75, 3.05) is 0 Å². The highest BCUT2D eigenvalue weighted by molar-refractivity contribution is 7.18. The highest BCUT2D eigenvalue weighted by Gasteiger charge is 2.15. The Bertz CT molecular complexity index is 582. The standard InChI is InChI=1S/C11H12N2OS/c1-7-6-8-10(15-7)11(14)13-5-3-2-4-9(13)12-8/h6H,2-5H2,1H3. The van der Waals surface area contributed by atoms with Gasteiger partial charge in [0.25, 0.3) is 5.56 Å². The lowest BCUT2D eigenvalue weighted by Gasteiger charge is -2.16. The fourth-order valence-corrected chi connectivity index (χ4v) is 3.05. The Balaban J connectivity index is 2.40. The Labute approximate surface area is 91.4 Å². The smallest absolute Gasteiger partial charge is 0.271 e. The lowest BCUT2D eigenvalue weighted by Crippen LogP contribution is -2.27. The average Bonchev–Trinajstić information content (AvgIpc) is 2.59. The van der Waals surface area contributed by atoms with Gasteiger partial charge in [0, 0.05) is 17.8 Å². The zero-order valence-corrected chi connectivity index (χ0v) is 9.43. The predicted molar refractivity (Wildman–Crippen MR) is 61.6 cm³/mol. The van der Waals surface area contributed by atoms with Crippen LogP contribution >= 0.6 is 11.3 Å². The van der Waals surface area contributed by atoms with Crippen molar-refractivity contribution in [3.05, 3.63) is 27.1 Å². The molecule has 4 heteroatoms. The summed E-state index contributed by atoms with van der Waals surface area (Å²) < 4.78 is 2.67. The van der Waals surface area contributed by atoms with E-state index in [1.807, 2.05) is 17.6 Å². The molecule has 0 fully saturated rings. The first-order valence-corrected chi connectivity index (χ1v) is 6.07. The molecule has 15 heavy (non-hydrogen) atoms. The first-order chi connectivity index (χ1) is 7.25. The first-order valence-electron chi connectivity index (χ1n) is 5.25. The van der Waals surface area contributed by atoms with E-state index in [-0.39, 0.29) is 5.56 Å². The van der Waals surface area contributed by atoms with Crippen molar-refractivity contribution >= 4 is 21.6 Å². The van der Waals surface area contributed by atoms with Crippen LogP contribution in [0.15, 0.2) is 10.9 Å². The van der Waals surface area contributed by atoms with Gasteiger partial charge in [-0.05, 0) is 25.8 Å². The van der Waals surface area contributed by atoms with Gasteiger partial charge >= 0.3 is 0 Å². The lowest BCUT2D eigenvalue weighted by atomic mass is 10.1. The summed E-state index contributed by atoms with van der Waals surface area (Å²) >= 11 is 1.56. The first kappa shape index (κ1) is 9.09. The van der Waals surface area contributed by atoms with Crippen molar-refractivity contribution in [2.24, 2.45) is 0 Å². The molecular formula is C11H12N2OS. The fraction of sp³-hybridized carbons (Fsp3) is 0.455. The Morgan fingerprint density at radius 3 is 3.20 bits per heavy atom. The molecular weight excluding hydrogens is 208 g/mol. The van der Waals surface area contributed by atoms with Gasteiger partial charge in [-0.25, -0.2) is 4.98 Å². The summed E-state index contributed by atoms with van der Waals surface area (Å²) in [6, 6.07) is 2.01. The number of aryl methyl sites for hydroxylation is 2. The molecule has 0 aliphatic carbocycles. The lowest BCUT2D eigenvalue weighted by molar-refractivity contribution is 0.501. The Morgan fingerprint density at radius 2 is 2.33 bits per heavy atom. The van der Waals surface area contributed by atoms with E-state index in [0.29, 0.717) is 0 Å². The van der Waals surface area contributed by atoms with Crippen LogP contribution in [0.25, 0.3) is 10.2 Å². The maximum atomic E-state index is 12.1. The number of nitrogens with zero attached hydrogens (tertiary/aromatic N) is 2. The van der Waals surface area contributed by atoms with Gasteiger partial charge in [-0.3, -0.25) is 9.36 Å². The summed E-state index contributed by atoms with van der Waals surface area (Å²) in [5.74, 6) is 0.969. The molecule has 1 aliphatic heterocycles. The molecule has 2 aromatic heterocycles. The molecule has 1 aliphatic rings. The third kappa shape index (κ3) is 1.32. The van der Waals surface area contributed by atoms with Gasteiger partial charge in [0.15, 0.2) is 0 Å². The highest BCUT2D eigenvalue weighted by Crippen LogP contribution is 2.22. The molecule has 0 unspecified atom stereocenters. The van der Waals surface area contributed by atoms with Crippen LogP contribution in [0.5, 0.6) is 0 Å². The maximum Gasteiger partial charge on any atom is 0.271 e. The van der Waals surface area contributed by atoms with Crippen LogP contribution < -0.4 is 5.56 Å². The van der Waals surface area contributed by atoms with Gasteiger partial charge in [-0.15, -0.1) is 11.3 Å². The molecule has 3 rings (SSSR count). The van der Waals surface area contributed by atoms with E-state index in [0.717, 1.165) is 46.7 Å². The van der Waals surface area contributed by atoms with Crippen LogP contribution in [0.2, 0.25) is 0 Å². The van der Waals surface area contributed by atoms with Crippen molar-refractivity contribution in [1.29, 1.82) is 0 Å². The van der Waals surface area contributed by atoms with Gasteiger partial charge in [0.1, 0.15) is 10.5 Å². The topological polar surface area (TPSA) is 34.9 Å². The molecule has 78 valence electrons. The molecule has 0 aromatic carbocycles. The van der Waals surface area contributed by atoms with E-state index >= 15 is 0 Å². The van der Waals surface area contributed by atoms with Crippen molar-refractivity contribution < 1.29 is 0 Å². The highest BCUT2D eigenvalue weighted by atomic mass is 32.1. The van der Waals surface area contributed by atoms with Gasteiger partial charge in [0.05, 0.1) is 5.52 Å². The van der Waals surface area contributed by atoms with Crippen LogP contribution in [0, 0.1) is 6.92 Å². The van der Waals surface area contributed by atoms with Crippen molar-refractivity contribution in [3.8, 4) is 0 Å². The number of hydrogen-bond acceptors (Lipinski definition) is 3. The number of fused-ring (bicyclic) bond motifs is 2. The van der Waals surface area contributed by atoms with Gasteiger partial charge < -0.3 is 0 Å². The normalized spacial score (nSPS) is 15.5. The largest absolute Gasteiger partial charge is 0.295 e. The predicted octanol–water partition coefficient (Wildman–Crippen LogP) is 2.10. The van der Waals surface area contributed by atoms with Gasteiger partial charge in [0.2, 0.25) is 0 Å². The Hall–Kier alpha value is -1.16. The summed E-state index contributed by atoms with van der Waals surface area (Å²) in [5.41, 5.74) is 1.04. The maximum absolute atomic E-state index is 12.1. The SMILES string of the molecule is Cc1cc2nc3n(c(=O)c2s1)CCCC3. The molecule has 3 nitrogen and oxygen atoms in total. The molecule has 0 saturated carbocycles. The number of aromatic nitrogens is 2. The molecule has 3 heterocycles. The van der Waals surface area contributed by atoms with E-state index in [4.69, 9.17) is 0 Å². The molecule has 0 bridgehead atoms. The van der Waals surface area contributed by atoms with E-state index in [9.17, 15) is 4.79 Å². The molecule has 2 aromatic rings. The third-order valence-electron chi connectivity index (χ3n) is 2.87.